The molecule has 23 heavy (non-hydrogen) atoms. The predicted molar refractivity (Wildman–Crippen MR) is 77.5 cm³/mol. The van der Waals surface area contributed by atoms with E-state index >= 15 is 0 Å². The SMILES string of the molecule is COc1ccc(NC(=O)c2c([N+](=O)[O-])cnn2C)c([N+](=O)[O-])c1. The molecule has 0 fully saturated rings. The van der Waals surface area contributed by atoms with E-state index < -0.39 is 27.1 Å². The molecule has 1 aromatic carbocycles. The summed E-state index contributed by atoms with van der Waals surface area (Å²) in [5.41, 5.74) is -1.33. The van der Waals surface area contributed by atoms with Crippen LogP contribution in [0.25, 0.3) is 0 Å². The summed E-state index contributed by atoms with van der Waals surface area (Å²) in [6.45, 7) is 0. The first-order chi connectivity index (χ1) is 10.8. The summed E-state index contributed by atoms with van der Waals surface area (Å²) in [6, 6.07) is 3.82. The van der Waals surface area contributed by atoms with Crippen molar-refractivity contribution in [3.63, 3.8) is 0 Å². The summed E-state index contributed by atoms with van der Waals surface area (Å²) in [5.74, 6) is -0.647. The molecule has 0 aliphatic carbocycles. The van der Waals surface area contributed by atoms with Crippen LogP contribution < -0.4 is 10.1 Å². The highest BCUT2D eigenvalue weighted by Gasteiger charge is 2.27. The molecule has 0 saturated carbocycles. The summed E-state index contributed by atoms with van der Waals surface area (Å²) in [7, 11) is 2.70. The number of carbonyl (C=O) groups excluding carboxylic acids is 1. The third kappa shape index (κ3) is 3.07. The van der Waals surface area contributed by atoms with Crippen molar-refractivity contribution in [2.45, 2.75) is 0 Å². The number of rotatable bonds is 5. The van der Waals surface area contributed by atoms with Crippen molar-refractivity contribution in [1.29, 1.82) is 0 Å². The van der Waals surface area contributed by atoms with Crippen molar-refractivity contribution in [2.24, 2.45) is 7.05 Å². The van der Waals surface area contributed by atoms with E-state index in [-0.39, 0.29) is 17.1 Å². The minimum Gasteiger partial charge on any atom is -0.496 e. The van der Waals surface area contributed by atoms with Gasteiger partial charge >= 0.3 is 5.69 Å². The maximum Gasteiger partial charge on any atom is 0.320 e. The van der Waals surface area contributed by atoms with Crippen LogP contribution in [0.15, 0.2) is 24.4 Å². The Balaban J connectivity index is 2.40. The van der Waals surface area contributed by atoms with E-state index in [4.69, 9.17) is 4.74 Å². The van der Waals surface area contributed by atoms with Gasteiger partial charge in [-0.25, -0.2) is 0 Å². The summed E-state index contributed by atoms with van der Waals surface area (Å²) in [4.78, 5) is 32.7. The van der Waals surface area contributed by atoms with Crippen LogP contribution in [0.1, 0.15) is 10.5 Å². The first kappa shape index (κ1) is 15.9. The molecule has 11 nitrogen and oxygen atoms in total. The Morgan fingerprint density at radius 3 is 2.48 bits per heavy atom. The zero-order chi connectivity index (χ0) is 17.1. The molecule has 0 radical (unpaired) electrons. The first-order valence-corrected chi connectivity index (χ1v) is 6.15. The number of methoxy groups -OCH3 is 1. The Kier molecular flexibility index (Phi) is 4.21. The Morgan fingerprint density at radius 1 is 1.26 bits per heavy atom. The van der Waals surface area contributed by atoms with E-state index in [1.807, 2.05) is 0 Å². The molecule has 0 aliphatic rings. The Hall–Kier alpha value is -3.50. The number of carbonyl (C=O) groups is 1. The summed E-state index contributed by atoms with van der Waals surface area (Å²) in [5, 5.41) is 27.9. The van der Waals surface area contributed by atoms with Gasteiger partial charge in [-0.1, -0.05) is 0 Å². The average Bonchev–Trinajstić information content (AvgIpc) is 2.89. The zero-order valence-electron chi connectivity index (χ0n) is 12.0. The van der Waals surface area contributed by atoms with E-state index in [1.54, 1.807) is 0 Å². The molecule has 2 rings (SSSR count). The maximum atomic E-state index is 12.2. The number of nitrogens with zero attached hydrogens (tertiary/aromatic N) is 4. The lowest BCUT2D eigenvalue weighted by atomic mass is 10.2. The average molecular weight is 321 g/mol. The summed E-state index contributed by atoms with van der Waals surface area (Å²) < 4.78 is 5.90. The number of anilines is 1. The van der Waals surface area contributed by atoms with Crippen LogP contribution in [0, 0.1) is 20.2 Å². The molecule has 1 aromatic heterocycles. The van der Waals surface area contributed by atoms with Crippen LogP contribution in [0.3, 0.4) is 0 Å². The Bertz CT molecular complexity index is 799. The fourth-order valence-corrected chi connectivity index (χ4v) is 1.90. The second-order valence-corrected chi connectivity index (χ2v) is 4.35. The molecular weight excluding hydrogens is 310 g/mol. The smallest absolute Gasteiger partial charge is 0.320 e. The van der Waals surface area contributed by atoms with E-state index in [2.05, 4.69) is 10.4 Å². The second-order valence-electron chi connectivity index (χ2n) is 4.35. The largest absolute Gasteiger partial charge is 0.496 e. The number of hydrogen-bond donors (Lipinski definition) is 1. The molecule has 0 spiro atoms. The predicted octanol–water partition coefficient (Wildman–Crippen LogP) is 1.50. The molecule has 1 heterocycles. The number of nitro benzene ring substituents is 1. The fraction of sp³-hybridized carbons (Fsp3) is 0.167. The highest BCUT2D eigenvalue weighted by Crippen LogP contribution is 2.30. The number of amides is 1. The van der Waals surface area contributed by atoms with Gasteiger partial charge in [0.15, 0.2) is 0 Å². The lowest BCUT2D eigenvalue weighted by Gasteiger charge is -2.07. The number of nitro groups is 2. The minimum absolute atomic E-state index is 0.115. The summed E-state index contributed by atoms with van der Waals surface area (Å²) >= 11 is 0. The molecule has 0 atom stereocenters. The van der Waals surface area contributed by atoms with Crippen molar-refractivity contribution >= 4 is 23.0 Å². The number of aryl methyl sites for hydroxylation is 1. The number of aromatic nitrogens is 2. The van der Waals surface area contributed by atoms with Crippen molar-refractivity contribution in [3.8, 4) is 5.75 Å². The van der Waals surface area contributed by atoms with Gasteiger partial charge in [0, 0.05) is 7.05 Å². The van der Waals surface area contributed by atoms with Crippen LogP contribution in [-0.4, -0.2) is 32.6 Å². The lowest BCUT2D eigenvalue weighted by Crippen LogP contribution is -2.18. The van der Waals surface area contributed by atoms with Gasteiger partial charge in [0.2, 0.25) is 5.69 Å². The van der Waals surface area contributed by atoms with Gasteiger partial charge < -0.3 is 10.1 Å². The molecule has 1 N–H and O–H groups in total. The number of nitrogens with one attached hydrogen (secondary N) is 1. The molecule has 11 heteroatoms. The van der Waals surface area contributed by atoms with Crippen molar-refractivity contribution in [1.82, 2.24) is 9.78 Å². The van der Waals surface area contributed by atoms with E-state index in [0.29, 0.717) is 0 Å². The lowest BCUT2D eigenvalue weighted by molar-refractivity contribution is -0.385. The number of benzene rings is 1. The monoisotopic (exact) mass is 321 g/mol. The maximum absolute atomic E-state index is 12.2. The van der Waals surface area contributed by atoms with E-state index in [1.165, 1.54) is 26.3 Å². The molecule has 0 bridgehead atoms. The number of hydrogen-bond acceptors (Lipinski definition) is 7. The van der Waals surface area contributed by atoms with Crippen LogP contribution in [-0.2, 0) is 7.05 Å². The molecular formula is C12H11N5O6. The Morgan fingerprint density at radius 2 is 1.91 bits per heavy atom. The molecule has 120 valence electrons. The molecule has 1 amide bonds. The summed E-state index contributed by atoms with van der Waals surface area (Å²) in [6.07, 6.45) is 0.928. The quantitative estimate of drug-likeness (QED) is 0.649. The zero-order valence-corrected chi connectivity index (χ0v) is 12.0. The van der Waals surface area contributed by atoms with E-state index in [0.717, 1.165) is 16.9 Å². The standard InChI is InChI=1S/C12H11N5O6/c1-15-11(10(6-13-15)17(21)22)12(18)14-8-4-3-7(23-2)5-9(8)16(19)20/h3-6H,1-2H3,(H,14,18). The van der Waals surface area contributed by atoms with E-state index in [9.17, 15) is 25.0 Å². The normalized spacial score (nSPS) is 10.2. The van der Waals surface area contributed by atoms with Gasteiger partial charge in [0.1, 0.15) is 17.6 Å². The molecule has 2 aromatic rings. The topological polar surface area (TPSA) is 142 Å². The molecule has 0 saturated heterocycles. The van der Waals surface area contributed by atoms with Crippen molar-refractivity contribution in [3.05, 3.63) is 50.3 Å². The Labute approximate surface area is 128 Å². The third-order valence-corrected chi connectivity index (χ3v) is 2.98. The van der Waals surface area contributed by atoms with Crippen molar-refractivity contribution in [2.75, 3.05) is 12.4 Å². The van der Waals surface area contributed by atoms with Gasteiger partial charge in [-0.3, -0.25) is 29.7 Å². The fourth-order valence-electron chi connectivity index (χ4n) is 1.90. The minimum atomic E-state index is -0.884. The highest BCUT2D eigenvalue weighted by molar-refractivity contribution is 6.06. The van der Waals surface area contributed by atoms with Gasteiger partial charge in [-0.15, -0.1) is 0 Å². The van der Waals surface area contributed by atoms with Gasteiger partial charge in [-0.05, 0) is 12.1 Å². The van der Waals surface area contributed by atoms with Crippen molar-refractivity contribution < 1.29 is 19.4 Å². The number of ether oxygens (including phenoxy) is 1. The first-order valence-electron chi connectivity index (χ1n) is 6.15. The molecule has 0 unspecified atom stereocenters. The van der Waals surface area contributed by atoms with Crippen LogP contribution in [0.4, 0.5) is 17.1 Å². The second kappa shape index (κ2) is 6.09. The van der Waals surface area contributed by atoms with Gasteiger partial charge in [-0.2, -0.15) is 5.10 Å². The van der Waals surface area contributed by atoms with Gasteiger partial charge in [0.25, 0.3) is 11.6 Å². The van der Waals surface area contributed by atoms with Gasteiger partial charge in [0.05, 0.1) is 23.0 Å². The van der Waals surface area contributed by atoms with Crippen LogP contribution >= 0.6 is 0 Å². The third-order valence-electron chi connectivity index (χ3n) is 2.98. The highest BCUT2D eigenvalue weighted by atomic mass is 16.6. The van der Waals surface area contributed by atoms with Crippen LogP contribution in [0.2, 0.25) is 0 Å². The molecule has 0 aliphatic heterocycles. The van der Waals surface area contributed by atoms with Crippen LogP contribution in [0.5, 0.6) is 5.75 Å².